The van der Waals surface area contributed by atoms with Crippen LogP contribution in [0, 0.1) is 11.8 Å². The highest BCUT2D eigenvalue weighted by Crippen LogP contribution is 2.66. The monoisotopic (exact) mass is 408 g/mol. The summed E-state index contributed by atoms with van der Waals surface area (Å²) < 4.78 is 66.8. The number of hydrogen-bond acceptors (Lipinski definition) is 5. The Kier molecular flexibility index (Phi) is 3.99. The van der Waals surface area contributed by atoms with Crippen LogP contribution >= 0.6 is 11.6 Å². The number of nitrogens with zero attached hydrogens (tertiary/aromatic N) is 4. The van der Waals surface area contributed by atoms with Crippen molar-refractivity contribution < 1.29 is 22.0 Å². The Labute approximate surface area is 155 Å². The zero-order chi connectivity index (χ0) is 19.6. The highest BCUT2D eigenvalue weighted by atomic mass is 35.5. The van der Waals surface area contributed by atoms with E-state index in [9.17, 15) is 22.0 Å². The van der Waals surface area contributed by atoms with Gasteiger partial charge in [0.15, 0.2) is 5.15 Å². The summed E-state index contributed by atoms with van der Waals surface area (Å²) in [4.78, 5) is 7.45. The number of fused-ring (bicyclic) bond motifs is 1. The van der Waals surface area contributed by atoms with Crippen LogP contribution in [-0.4, -0.2) is 32.7 Å². The standard InChI is InChI=1S/C15H14ClF5N6/c1-22-12-9(15(19,20)21)4-23-13(25-12)24-10-5-27(26-11(10)16)6-2-7-8(3-6)14(7,17)18/h4-8H,2-3H2,1H3,(H2,22,23,24,25)/t6-,7+,8-. The Balaban J connectivity index is 1.52. The number of alkyl halides is 5. The first-order valence-corrected chi connectivity index (χ1v) is 8.50. The van der Waals surface area contributed by atoms with E-state index in [2.05, 4.69) is 25.7 Å². The van der Waals surface area contributed by atoms with E-state index in [0.29, 0.717) is 19.0 Å². The molecule has 2 aromatic rings. The summed E-state index contributed by atoms with van der Waals surface area (Å²) in [5.41, 5.74) is -0.714. The number of aromatic nitrogens is 4. The molecule has 0 amide bonds. The fourth-order valence-electron chi connectivity index (χ4n) is 3.60. The lowest BCUT2D eigenvalue weighted by Crippen LogP contribution is -2.13. The lowest BCUT2D eigenvalue weighted by atomic mass is 10.1. The molecule has 12 heteroatoms. The topological polar surface area (TPSA) is 67.7 Å². The van der Waals surface area contributed by atoms with E-state index in [1.165, 1.54) is 17.9 Å². The third-order valence-corrected chi connectivity index (χ3v) is 5.33. The molecule has 2 N–H and O–H groups in total. The number of rotatable bonds is 4. The van der Waals surface area contributed by atoms with Crippen molar-refractivity contribution in [2.75, 3.05) is 17.7 Å². The second-order valence-corrected chi connectivity index (χ2v) is 7.01. The quantitative estimate of drug-likeness (QED) is 0.736. The minimum Gasteiger partial charge on any atom is -0.372 e. The molecule has 6 nitrogen and oxygen atoms in total. The van der Waals surface area contributed by atoms with E-state index in [0.717, 1.165) is 0 Å². The number of anilines is 3. The van der Waals surface area contributed by atoms with Gasteiger partial charge in [-0.25, -0.2) is 13.8 Å². The summed E-state index contributed by atoms with van der Waals surface area (Å²) in [5, 5.41) is 9.26. The molecule has 2 heterocycles. The van der Waals surface area contributed by atoms with Gasteiger partial charge in [-0.3, -0.25) is 4.68 Å². The van der Waals surface area contributed by atoms with E-state index in [1.807, 2.05) is 0 Å². The molecular formula is C15H14ClF5N6. The maximum absolute atomic E-state index is 13.3. The summed E-state index contributed by atoms with van der Waals surface area (Å²) in [6.45, 7) is 0. The van der Waals surface area contributed by atoms with Gasteiger partial charge in [0, 0.05) is 25.1 Å². The van der Waals surface area contributed by atoms with Crippen molar-refractivity contribution in [2.45, 2.75) is 31.0 Å². The molecule has 2 fully saturated rings. The van der Waals surface area contributed by atoms with Gasteiger partial charge >= 0.3 is 6.18 Å². The van der Waals surface area contributed by atoms with Crippen molar-refractivity contribution in [3.05, 3.63) is 23.1 Å². The Hall–Kier alpha value is -2.17. The molecule has 4 rings (SSSR count). The van der Waals surface area contributed by atoms with E-state index in [4.69, 9.17) is 11.6 Å². The van der Waals surface area contributed by atoms with Gasteiger partial charge in [0.25, 0.3) is 5.92 Å². The SMILES string of the molecule is CNc1nc(Nc2cn([C@H]3C[C@@H]4[C@H](C3)C4(F)F)nc2Cl)ncc1C(F)(F)F. The molecule has 2 saturated carbocycles. The lowest BCUT2D eigenvalue weighted by Gasteiger charge is -2.14. The molecule has 0 saturated heterocycles. The van der Waals surface area contributed by atoms with Gasteiger partial charge in [0.2, 0.25) is 5.95 Å². The molecule has 0 spiro atoms. The molecule has 2 aliphatic rings. The number of halogens is 6. The van der Waals surface area contributed by atoms with Crippen LogP contribution in [0.4, 0.5) is 39.4 Å². The molecule has 0 radical (unpaired) electrons. The molecule has 0 aliphatic heterocycles. The first kappa shape index (κ1) is 18.2. The van der Waals surface area contributed by atoms with Gasteiger partial charge < -0.3 is 10.6 Å². The maximum atomic E-state index is 13.3. The van der Waals surface area contributed by atoms with Crippen LogP contribution in [0.1, 0.15) is 24.4 Å². The Morgan fingerprint density at radius 1 is 1.26 bits per heavy atom. The van der Waals surface area contributed by atoms with E-state index in [-0.39, 0.29) is 28.6 Å². The zero-order valence-corrected chi connectivity index (χ0v) is 14.6. The van der Waals surface area contributed by atoms with Crippen LogP contribution in [0.5, 0.6) is 0 Å². The summed E-state index contributed by atoms with van der Waals surface area (Å²) >= 11 is 6.06. The summed E-state index contributed by atoms with van der Waals surface area (Å²) in [6.07, 6.45) is -1.78. The fraction of sp³-hybridized carbons (Fsp3) is 0.533. The van der Waals surface area contributed by atoms with Crippen LogP contribution < -0.4 is 10.6 Å². The smallest absolute Gasteiger partial charge is 0.372 e. The Bertz CT molecular complexity index is 868. The van der Waals surface area contributed by atoms with Crippen molar-refractivity contribution in [1.82, 2.24) is 19.7 Å². The van der Waals surface area contributed by atoms with Crippen molar-refractivity contribution in [3.8, 4) is 0 Å². The van der Waals surface area contributed by atoms with E-state index in [1.54, 1.807) is 0 Å². The first-order valence-electron chi connectivity index (χ1n) is 8.12. The lowest BCUT2D eigenvalue weighted by molar-refractivity contribution is -0.137. The largest absolute Gasteiger partial charge is 0.421 e. The highest BCUT2D eigenvalue weighted by molar-refractivity contribution is 6.32. The van der Waals surface area contributed by atoms with Gasteiger partial charge in [-0.05, 0) is 12.8 Å². The predicted octanol–water partition coefficient (Wildman–Crippen LogP) is 4.35. The van der Waals surface area contributed by atoms with Crippen LogP contribution in [0.15, 0.2) is 12.4 Å². The molecule has 0 unspecified atom stereocenters. The summed E-state index contributed by atoms with van der Waals surface area (Å²) in [6, 6.07) is -0.186. The number of hydrogen-bond donors (Lipinski definition) is 2. The van der Waals surface area contributed by atoms with Gasteiger partial charge in [0.05, 0.1) is 17.9 Å². The predicted molar refractivity (Wildman–Crippen MR) is 87.3 cm³/mol. The van der Waals surface area contributed by atoms with Crippen LogP contribution in [0.25, 0.3) is 0 Å². The highest BCUT2D eigenvalue weighted by Gasteiger charge is 2.71. The molecule has 0 aromatic carbocycles. The molecular weight excluding hydrogens is 395 g/mol. The van der Waals surface area contributed by atoms with Crippen LogP contribution in [-0.2, 0) is 6.18 Å². The van der Waals surface area contributed by atoms with Crippen molar-refractivity contribution in [3.63, 3.8) is 0 Å². The first-order chi connectivity index (χ1) is 12.6. The van der Waals surface area contributed by atoms with Gasteiger partial charge in [0.1, 0.15) is 11.4 Å². The Morgan fingerprint density at radius 2 is 1.93 bits per heavy atom. The third-order valence-electron chi connectivity index (χ3n) is 5.06. The van der Waals surface area contributed by atoms with Crippen molar-refractivity contribution >= 4 is 29.1 Å². The third kappa shape index (κ3) is 3.07. The molecule has 2 aliphatic carbocycles. The molecule has 3 atom stereocenters. The fourth-order valence-corrected chi connectivity index (χ4v) is 3.79. The average molecular weight is 409 g/mol. The van der Waals surface area contributed by atoms with E-state index >= 15 is 0 Å². The second kappa shape index (κ2) is 5.91. The minimum atomic E-state index is -4.59. The average Bonchev–Trinajstić information content (AvgIpc) is 2.99. The maximum Gasteiger partial charge on any atom is 0.421 e. The van der Waals surface area contributed by atoms with E-state index < -0.39 is 29.5 Å². The van der Waals surface area contributed by atoms with Crippen molar-refractivity contribution in [2.24, 2.45) is 11.8 Å². The normalized spacial score (nSPS) is 26.0. The molecule has 27 heavy (non-hydrogen) atoms. The van der Waals surface area contributed by atoms with Gasteiger partial charge in [-0.2, -0.15) is 23.3 Å². The second-order valence-electron chi connectivity index (χ2n) is 6.65. The molecule has 2 aromatic heterocycles. The minimum absolute atomic E-state index is 0.0526. The number of nitrogens with one attached hydrogen (secondary N) is 2. The summed E-state index contributed by atoms with van der Waals surface area (Å²) in [7, 11) is 1.31. The van der Waals surface area contributed by atoms with Crippen LogP contribution in [0.2, 0.25) is 5.15 Å². The zero-order valence-electron chi connectivity index (χ0n) is 13.9. The van der Waals surface area contributed by atoms with Gasteiger partial charge in [-0.1, -0.05) is 11.6 Å². The van der Waals surface area contributed by atoms with Crippen LogP contribution in [0.3, 0.4) is 0 Å². The Morgan fingerprint density at radius 3 is 2.52 bits per heavy atom. The van der Waals surface area contributed by atoms with Crippen molar-refractivity contribution in [1.29, 1.82) is 0 Å². The molecule has 0 bridgehead atoms. The van der Waals surface area contributed by atoms with Gasteiger partial charge in [-0.15, -0.1) is 0 Å². The summed E-state index contributed by atoms with van der Waals surface area (Å²) in [5.74, 6) is -4.29. The molecule has 146 valence electrons.